The molecule has 1 saturated heterocycles. The molecular formula is C31H45NO6. The van der Waals surface area contributed by atoms with Gasteiger partial charge in [-0.3, -0.25) is 14.4 Å². The van der Waals surface area contributed by atoms with Crippen molar-refractivity contribution in [3.8, 4) is 0 Å². The lowest BCUT2D eigenvalue weighted by molar-refractivity contribution is -0.188. The van der Waals surface area contributed by atoms with Crippen molar-refractivity contribution in [3.63, 3.8) is 0 Å². The number of nitrogens with one attached hydrogen (secondary N) is 1. The molecule has 0 aromatic carbocycles. The fourth-order valence-electron chi connectivity index (χ4n) is 9.93. The van der Waals surface area contributed by atoms with E-state index in [0.29, 0.717) is 12.3 Å². The van der Waals surface area contributed by atoms with Crippen LogP contribution in [-0.4, -0.2) is 37.0 Å². The molecule has 210 valence electrons. The van der Waals surface area contributed by atoms with Crippen LogP contribution in [-0.2, 0) is 28.7 Å². The molecule has 7 heteroatoms. The molecule has 1 aliphatic heterocycles. The summed E-state index contributed by atoms with van der Waals surface area (Å²) in [6, 6.07) is -0.658. The van der Waals surface area contributed by atoms with Gasteiger partial charge in [-0.2, -0.15) is 0 Å². The van der Waals surface area contributed by atoms with Crippen LogP contribution >= 0.6 is 0 Å². The van der Waals surface area contributed by atoms with E-state index in [0.717, 1.165) is 38.5 Å². The van der Waals surface area contributed by atoms with Crippen molar-refractivity contribution in [2.75, 3.05) is 7.11 Å². The number of amides is 1. The molecule has 2 bridgehead atoms. The van der Waals surface area contributed by atoms with E-state index in [1.165, 1.54) is 12.7 Å². The zero-order valence-corrected chi connectivity index (χ0v) is 24.1. The monoisotopic (exact) mass is 527 g/mol. The Hall–Kier alpha value is -2.18. The average Bonchev–Trinajstić information content (AvgIpc) is 3.17. The maximum absolute atomic E-state index is 14.0. The van der Waals surface area contributed by atoms with Gasteiger partial charge in [-0.15, -0.1) is 0 Å². The molecule has 6 rings (SSSR count). The van der Waals surface area contributed by atoms with Crippen molar-refractivity contribution < 1.29 is 28.7 Å². The normalized spacial score (nSPS) is 42.1. The molecule has 1 spiro atoms. The summed E-state index contributed by atoms with van der Waals surface area (Å²) in [6.45, 7) is 12.8. The number of rotatable bonds is 6. The Labute approximate surface area is 226 Å². The standard InChI is InChI=1S/C31H45NO6/c1-16(2)13-20(25(33)37-7)32-28(36)30(6)11-8-10-29(5)21(30)9-12-31-15-19(17(3)4)18(14-22(29)31)23-24(31)27(35)38-26(23)34/h15-18,20-24H,8-14H2,1-7H3,(H,32,36)/t18-,20-,21+,22+,23+,24-,29-,30?,31-/m0/s1. The van der Waals surface area contributed by atoms with E-state index in [1.54, 1.807) is 0 Å². The van der Waals surface area contributed by atoms with Crippen LogP contribution in [0.5, 0.6) is 0 Å². The van der Waals surface area contributed by atoms with Crippen molar-refractivity contribution in [2.24, 2.45) is 57.7 Å². The van der Waals surface area contributed by atoms with Gasteiger partial charge in [-0.1, -0.05) is 59.6 Å². The summed E-state index contributed by atoms with van der Waals surface area (Å²) < 4.78 is 10.3. The number of carbonyl (C=O) groups excluding carboxylic acids is 4. The Bertz CT molecular complexity index is 1080. The van der Waals surface area contributed by atoms with Gasteiger partial charge in [0.2, 0.25) is 5.91 Å². The largest absolute Gasteiger partial charge is 0.467 e. The maximum Gasteiger partial charge on any atom is 0.328 e. The van der Waals surface area contributed by atoms with Crippen molar-refractivity contribution in [2.45, 2.75) is 92.5 Å². The van der Waals surface area contributed by atoms with E-state index in [1.807, 2.05) is 13.8 Å². The third kappa shape index (κ3) is 3.73. The Kier molecular flexibility index (Phi) is 6.63. The molecule has 1 heterocycles. The van der Waals surface area contributed by atoms with Gasteiger partial charge in [0.05, 0.1) is 18.9 Å². The van der Waals surface area contributed by atoms with E-state index in [4.69, 9.17) is 9.47 Å². The lowest BCUT2D eigenvalue weighted by Crippen LogP contribution is -2.66. The van der Waals surface area contributed by atoms with Gasteiger partial charge in [-0.25, -0.2) is 4.79 Å². The smallest absolute Gasteiger partial charge is 0.328 e. The number of cyclic esters (lactones) is 2. The number of hydrogen-bond acceptors (Lipinski definition) is 6. The van der Waals surface area contributed by atoms with Crippen molar-refractivity contribution in [3.05, 3.63) is 11.6 Å². The van der Waals surface area contributed by atoms with Gasteiger partial charge in [-0.05, 0) is 73.5 Å². The highest BCUT2D eigenvalue weighted by Crippen LogP contribution is 2.74. The number of fused-ring (bicyclic) bond motifs is 1. The third-order valence-corrected chi connectivity index (χ3v) is 11.4. The number of carbonyl (C=O) groups is 4. The number of hydrogen-bond donors (Lipinski definition) is 1. The second kappa shape index (κ2) is 9.19. The van der Waals surface area contributed by atoms with Gasteiger partial charge in [0.1, 0.15) is 6.04 Å². The van der Waals surface area contributed by atoms with Crippen LogP contribution in [0.4, 0.5) is 0 Å². The van der Waals surface area contributed by atoms with Crippen LogP contribution in [0.3, 0.4) is 0 Å². The second-order valence-electron chi connectivity index (χ2n) is 14.1. The summed E-state index contributed by atoms with van der Waals surface area (Å²) in [6.07, 6.45) is 8.07. The van der Waals surface area contributed by atoms with Crippen LogP contribution < -0.4 is 5.32 Å². The van der Waals surface area contributed by atoms with Gasteiger partial charge < -0.3 is 14.8 Å². The summed E-state index contributed by atoms with van der Waals surface area (Å²) in [5.74, 6) is -1.01. The second-order valence-corrected chi connectivity index (χ2v) is 14.1. The van der Waals surface area contributed by atoms with Crippen molar-refractivity contribution in [1.82, 2.24) is 5.32 Å². The van der Waals surface area contributed by atoms with E-state index in [2.05, 4.69) is 39.1 Å². The van der Waals surface area contributed by atoms with Gasteiger partial charge >= 0.3 is 17.9 Å². The molecule has 1 amide bonds. The quantitative estimate of drug-likeness (QED) is 0.302. The van der Waals surface area contributed by atoms with Crippen LogP contribution in [0.25, 0.3) is 0 Å². The molecule has 6 aliphatic rings. The van der Waals surface area contributed by atoms with Gasteiger partial charge in [0.15, 0.2) is 0 Å². The summed E-state index contributed by atoms with van der Waals surface area (Å²) >= 11 is 0. The predicted octanol–water partition coefficient (Wildman–Crippen LogP) is 4.83. The molecule has 4 fully saturated rings. The first kappa shape index (κ1) is 27.4. The molecule has 0 radical (unpaired) electrons. The minimum Gasteiger partial charge on any atom is -0.467 e. The summed E-state index contributed by atoms with van der Waals surface area (Å²) in [5.41, 5.74) is 0.135. The zero-order valence-electron chi connectivity index (χ0n) is 24.1. The molecular weight excluding hydrogens is 482 g/mol. The Morgan fingerprint density at radius 2 is 1.79 bits per heavy atom. The zero-order chi connectivity index (χ0) is 27.8. The molecule has 5 aliphatic carbocycles. The molecule has 0 aromatic heterocycles. The van der Waals surface area contributed by atoms with Gasteiger partial charge in [0.25, 0.3) is 0 Å². The molecule has 1 unspecified atom stereocenters. The van der Waals surface area contributed by atoms with Crippen LogP contribution in [0.15, 0.2) is 11.6 Å². The molecule has 9 atom stereocenters. The Morgan fingerprint density at radius 3 is 2.42 bits per heavy atom. The maximum atomic E-state index is 14.0. The molecule has 1 N–H and O–H groups in total. The molecule has 38 heavy (non-hydrogen) atoms. The summed E-state index contributed by atoms with van der Waals surface area (Å²) in [5, 5.41) is 3.09. The van der Waals surface area contributed by atoms with Crippen LogP contribution in [0.1, 0.15) is 86.5 Å². The van der Waals surface area contributed by atoms with E-state index in [-0.39, 0.29) is 52.9 Å². The SMILES string of the molecule is COC(=O)[C@H](CC(C)C)NC(=O)C1(C)CCC[C@]2(C)[C@H]3C[C@H]4C(C(C)C)=C[C@]3(CC[C@@H]12)[C@@H]1C(=O)OC(=O)[C@@H]14. The van der Waals surface area contributed by atoms with E-state index < -0.39 is 28.8 Å². The predicted molar refractivity (Wildman–Crippen MR) is 141 cm³/mol. The Balaban J connectivity index is 1.50. The van der Waals surface area contributed by atoms with Crippen molar-refractivity contribution >= 4 is 23.8 Å². The first-order valence-corrected chi connectivity index (χ1v) is 14.7. The summed E-state index contributed by atoms with van der Waals surface area (Å²) in [4.78, 5) is 52.6. The number of ether oxygens (including phenoxy) is 2. The van der Waals surface area contributed by atoms with Gasteiger partial charge in [0, 0.05) is 10.8 Å². The fraction of sp³-hybridized carbons (Fsp3) is 0.806. The number of esters is 3. The van der Waals surface area contributed by atoms with Crippen LogP contribution in [0.2, 0.25) is 0 Å². The van der Waals surface area contributed by atoms with E-state index in [9.17, 15) is 19.2 Å². The first-order valence-electron chi connectivity index (χ1n) is 14.7. The van der Waals surface area contributed by atoms with Crippen molar-refractivity contribution in [1.29, 1.82) is 0 Å². The molecule has 0 aromatic rings. The van der Waals surface area contributed by atoms with Crippen LogP contribution in [0, 0.1) is 57.7 Å². The topological polar surface area (TPSA) is 98.8 Å². The Morgan fingerprint density at radius 1 is 1.08 bits per heavy atom. The molecule has 3 saturated carbocycles. The highest BCUT2D eigenvalue weighted by atomic mass is 16.6. The summed E-state index contributed by atoms with van der Waals surface area (Å²) in [7, 11) is 1.37. The first-order chi connectivity index (χ1) is 17.8. The number of methoxy groups -OCH3 is 1. The fourth-order valence-corrected chi connectivity index (χ4v) is 9.93. The molecule has 7 nitrogen and oxygen atoms in total. The lowest BCUT2D eigenvalue weighted by Gasteiger charge is -2.68. The van der Waals surface area contributed by atoms with E-state index >= 15 is 0 Å². The minimum atomic E-state index is -0.658. The number of allylic oxidation sites excluding steroid dienone is 2. The highest BCUT2D eigenvalue weighted by Gasteiger charge is 2.73. The highest BCUT2D eigenvalue weighted by molar-refractivity contribution is 5.98. The third-order valence-electron chi connectivity index (χ3n) is 11.4. The lowest BCUT2D eigenvalue weighted by atomic mass is 9.34. The minimum absolute atomic E-state index is 0.0261. The average molecular weight is 528 g/mol.